The van der Waals surface area contributed by atoms with Crippen LogP contribution in [0.1, 0.15) is 18.1 Å². The van der Waals surface area contributed by atoms with Gasteiger partial charge in [-0.3, -0.25) is 9.10 Å². The number of hydrazone groups is 1. The normalized spacial score (nSPS) is 13.0. The Bertz CT molecular complexity index is 1450. The van der Waals surface area contributed by atoms with Crippen molar-refractivity contribution >= 4 is 27.3 Å². The lowest BCUT2D eigenvalue weighted by molar-refractivity contribution is -0.119. The lowest BCUT2D eigenvalue weighted by atomic mass is 10.1. The second-order valence-electron chi connectivity index (χ2n) is 8.45. The number of carbonyl (C=O) groups excluding carboxylic acids is 1. The molecule has 11 heteroatoms. The van der Waals surface area contributed by atoms with Crippen molar-refractivity contribution in [3.8, 4) is 23.0 Å². The van der Waals surface area contributed by atoms with Crippen molar-refractivity contribution in [3.63, 3.8) is 0 Å². The van der Waals surface area contributed by atoms with Crippen LogP contribution >= 0.6 is 0 Å². The number of nitrogens with one attached hydrogen (secondary N) is 1. The summed E-state index contributed by atoms with van der Waals surface area (Å²) in [7, 11) is -1.24. The first-order chi connectivity index (χ1) is 18.2. The van der Waals surface area contributed by atoms with Crippen LogP contribution in [0.3, 0.4) is 0 Å². The highest BCUT2D eigenvalue weighted by Gasteiger charge is 2.30. The quantitative estimate of drug-likeness (QED) is 0.327. The molecule has 1 aliphatic rings. The summed E-state index contributed by atoms with van der Waals surface area (Å²) in [6, 6.07) is 16.4. The molecule has 38 heavy (non-hydrogen) atoms. The number of hydrogen-bond acceptors (Lipinski definition) is 8. The Labute approximate surface area is 221 Å². The van der Waals surface area contributed by atoms with Crippen molar-refractivity contribution in [2.45, 2.75) is 18.7 Å². The van der Waals surface area contributed by atoms with Crippen molar-refractivity contribution in [1.29, 1.82) is 0 Å². The average Bonchev–Trinajstić information content (AvgIpc) is 2.94. The van der Waals surface area contributed by atoms with Crippen LogP contribution in [0.15, 0.2) is 70.7 Å². The van der Waals surface area contributed by atoms with Crippen LogP contribution in [-0.4, -0.2) is 54.0 Å². The molecule has 0 saturated carbocycles. The van der Waals surface area contributed by atoms with E-state index < -0.39 is 22.5 Å². The summed E-state index contributed by atoms with van der Waals surface area (Å²) in [5, 5.41) is 4.17. The SMILES string of the molecule is COc1ccc(N(CC(=O)N/N=C(/C)c2ccc3c(c2)OCCO3)S(=O)(=O)c2ccc(C)cc2)c(OC)c1. The maximum absolute atomic E-state index is 13.7. The fraction of sp³-hybridized carbons (Fsp3) is 0.259. The fourth-order valence-corrected chi connectivity index (χ4v) is 5.20. The fourth-order valence-electron chi connectivity index (χ4n) is 3.77. The summed E-state index contributed by atoms with van der Waals surface area (Å²) in [5.74, 6) is 1.29. The number of aryl methyl sites for hydroxylation is 1. The molecule has 1 heterocycles. The molecular weight excluding hydrogens is 510 g/mol. The first kappa shape index (κ1) is 26.8. The zero-order valence-corrected chi connectivity index (χ0v) is 22.4. The van der Waals surface area contributed by atoms with Crippen molar-refractivity contribution in [2.75, 3.05) is 38.3 Å². The molecule has 0 bridgehead atoms. The van der Waals surface area contributed by atoms with Gasteiger partial charge in [0.15, 0.2) is 11.5 Å². The van der Waals surface area contributed by atoms with Crippen LogP contribution in [-0.2, 0) is 14.8 Å². The highest BCUT2D eigenvalue weighted by molar-refractivity contribution is 7.92. The summed E-state index contributed by atoms with van der Waals surface area (Å²) >= 11 is 0. The number of fused-ring (bicyclic) bond motifs is 1. The summed E-state index contributed by atoms with van der Waals surface area (Å²) in [6.07, 6.45) is 0. The van der Waals surface area contributed by atoms with Gasteiger partial charge >= 0.3 is 0 Å². The lowest BCUT2D eigenvalue weighted by Crippen LogP contribution is -2.40. The molecule has 0 aliphatic carbocycles. The molecule has 0 fully saturated rings. The number of amides is 1. The zero-order chi connectivity index (χ0) is 27.3. The minimum atomic E-state index is -4.15. The molecule has 4 rings (SSSR count). The third-order valence-electron chi connectivity index (χ3n) is 5.86. The lowest BCUT2D eigenvalue weighted by Gasteiger charge is -2.25. The highest BCUT2D eigenvalue weighted by Crippen LogP contribution is 2.35. The van der Waals surface area contributed by atoms with Crippen LogP contribution in [0.5, 0.6) is 23.0 Å². The molecule has 10 nitrogen and oxygen atoms in total. The average molecular weight is 540 g/mol. The van der Waals surface area contributed by atoms with Crippen LogP contribution in [0, 0.1) is 6.92 Å². The number of rotatable bonds is 9. The van der Waals surface area contributed by atoms with Gasteiger partial charge in [0.1, 0.15) is 31.3 Å². The van der Waals surface area contributed by atoms with Gasteiger partial charge in [-0.1, -0.05) is 17.7 Å². The van der Waals surface area contributed by atoms with E-state index in [0.29, 0.717) is 36.2 Å². The van der Waals surface area contributed by atoms with Crippen molar-refractivity contribution in [1.82, 2.24) is 5.43 Å². The van der Waals surface area contributed by atoms with Gasteiger partial charge in [0.05, 0.1) is 30.5 Å². The van der Waals surface area contributed by atoms with Gasteiger partial charge in [-0.15, -0.1) is 0 Å². The third-order valence-corrected chi connectivity index (χ3v) is 7.63. The molecule has 1 aliphatic heterocycles. The molecule has 3 aromatic rings. The standard InChI is InChI=1S/C27H29N3O7S/c1-18-5-9-22(10-6-18)38(32,33)30(23-11-8-21(34-3)16-25(23)35-4)17-27(31)29-28-19(2)20-7-12-24-26(15-20)37-14-13-36-24/h5-12,15-16H,13-14,17H2,1-4H3,(H,29,31)/b28-19-. The zero-order valence-electron chi connectivity index (χ0n) is 21.6. The predicted octanol–water partition coefficient (Wildman–Crippen LogP) is 3.52. The Morgan fingerprint density at radius 2 is 1.68 bits per heavy atom. The van der Waals surface area contributed by atoms with Gasteiger partial charge in [-0.05, 0) is 56.3 Å². The van der Waals surface area contributed by atoms with E-state index in [1.807, 2.05) is 6.92 Å². The largest absolute Gasteiger partial charge is 0.497 e. The molecule has 0 spiro atoms. The third kappa shape index (κ3) is 5.83. The van der Waals surface area contributed by atoms with Gasteiger partial charge in [-0.2, -0.15) is 5.10 Å². The second-order valence-corrected chi connectivity index (χ2v) is 10.3. The number of ether oxygens (including phenoxy) is 4. The minimum absolute atomic E-state index is 0.0322. The van der Waals surface area contributed by atoms with E-state index in [0.717, 1.165) is 15.4 Å². The number of nitrogens with zero attached hydrogens (tertiary/aromatic N) is 2. The Morgan fingerprint density at radius 1 is 0.974 bits per heavy atom. The predicted molar refractivity (Wildman–Crippen MR) is 143 cm³/mol. The molecular formula is C27H29N3O7S. The Balaban J connectivity index is 1.62. The van der Waals surface area contributed by atoms with Crippen molar-refractivity contribution in [2.24, 2.45) is 5.10 Å². The number of hydrogen-bond donors (Lipinski definition) is 1. The summed E-state index contributed by atoms with van der Waals surface area (Å²) in [5.41, 5.74) is 4.76. The number of carbonyl (C=O) groups is 1. The van der Waals surface area contributed by atoms with Gasteiger partial charge in [-0.25, -0.2) is 13.8 Å². The van der Waals surface area contributed by atoms with Gasteiger partial charge in [0.25, 0.3) is 15.9 Å². The van der Waals surface area contributed by atoms with E-state index in [1.165, 1.54) is 32.4 Å². The molecule has 0 saturated heterocycles. The summed E-state index contributed by atoms with van der Waals surface area (Å²) in [4.78, 5) is 13.0. The summed E-state index contributed by atoms with van der Waals surface area (Å²) in [6.45, 7) is 3.96. The number of methoxy groups -OCH3 is 2. The first-order valence-corrected chi connectivity index (χ1v) is 13.2. The molecule has 0 radical (unpaired) electrons. The number of benzene rings is 3. The molecule has 0 unspecified atom stereocenters. The van der Waals surface area contributed by atoms with Crippen molar-refractivity contribution < 1.29 is 32.2 Å². The van der Waals surface area contributed by atoms with Crippen LogP contribution in [0.4, 0.5) is 5.69 Å². The Kier molecular flexibility index (Phi) is 8.06. The first-order valence-electron chi connectivity index (χ1n) is 11.8. The van der Waals surface area contributed by atoms with Crippen LogP contribution in [0.25, 0.3) is 0 Å². The highest BCUT2D eigenvalue weighted by atomic mass is 32.2. The van der Waals surface area contributed by atoms with E-state index in [-0.39, 0.29) is 16.3 Å². The Morgan fingerprint density at radius 3 is 2.37 bits per heavy atom. The van der Waals surface area contributed by atoms with Crippen LogP contribution in [0.2, 0.25) is 0 Å². The molecule has 1 N–H and O–H groups in total. The maximum atomic E-state index is 13.7. The van der Waals surface area contributed by atoms with Crippen LogP contribution < -0.4 is 28.7 Å². The second kappa shape index (κ2) is 11.4. The van der Waals surface area contributed by atoms with Gasteiger partial charge in [0.2, 0.25) is 0 Å². The van der Waals surface area contributed by atoms with E-state index in [9.17, 15) is 13.2 Å². The van der Waals surface area contributed by atoms with Gasteiger partial charge in [0, 0.05) is 11.6 Å². The molecule has 3 aromatic carbocycles. The monoisotopic (exact) mass is 539 g/mol. The topological polar surface area (TPSA) is 116 Å². The summed E-state index contributed by atoms with van der Waals surface area (Å²) < 4.78 is 50.2. The minimum Gasteiger partial charge on any atom is -0.497 e. The van der Waals surface area contributed by atoms with E-state index >= 15 is 0 Å². The van der Waals surface area contributed by atoms with E-state index in [4.69, 9.17) is 18.9 Å². The van der Waals surface area contributed by atoms with E-state index in [2.05, 4.69) is 10.5 Å². The maximum Gasteiger partial charge on any atom is 0.264 e. The van der Waals surface area contributed by atoms with Crippen molar-refractivity contribution in [3.05, 3.63) is 71.8 Å². The molecule has 0 atom stereocenters. The molecule has 200 valence electrons. The van der Waals surface area contributed by atoms with Gasteiger partial charge < -0.3 is 18.9 Å². The number of sulfonamides is 1. The molecule has 0 aromatic heterocycles. The molecule has 1 amide bonds. The Hall–Kier alpha value is -4.25. The van der Waals surface area contributed by atoms with E-state index in [1.54, 1.807) is 49.4 Å². The number of anilines is 1. The smallest absolute Gasteiger partial charge is 0.264 e.